The summed E-state index contributed by atoms with van der Waals surface area (Å²) in [7, 11) is 0. The standard InChI is InChI=1S/C23H22Cl3N3O6S/c1-2-35-23(34)29-11-36-10-18(29)20(30)28-17(22(32)33)7-12-3-5-14(6-4-12)27-21(31)19-15(25)8-13(24)9-16(19)26/h3-6,8-9,17-18H,2,7,10-11H2,1H3,(H,27,31)(H,28,30)(H,32,33)/t17-,18+/m0/s1. The van der Waals surface area contributed by atoms with Crippen molar-refractivity contribution in [1.29, 1.82) is 0 Å². The first-order valence-corrected chi connectivity index (χ1v) is 13.0. The van der Waals surface area contributed by atoms with Gasteiger partial charge in [0.05, 0.1) is 28.1 Å². The minimum atomic E-state index is -1.22. The maximum Gasteiger partial charge on any atom is 0.411 e. The summed E-state index contributed by atoms with van der Waals surface area (Å²) in [6.07, 6.45) is -0.628. The fourth-order valence-corrected chi connectivity index (χ4v) is 5.56. The molecule has 9 nitrogen and oxygen atoms in total. The minimum Gasteiger partial charge on any atom is -0.480 e. The molecule has 3 amide bonds. The van der Waals surface area contributed by atoms with Crippen LogP contribution in [-0.4, -0.2) is 64.2 Å². The second-order valence-electron chi connectivity index (χ2n) is 7.68. The van der Waals surface area contributed by atoms with E-state index >= 15 is 0 Å². The van der Waals surface area contributed by atoms with Gasteiger partial charge in [0.25, 0.3) is 5.91 Å². The molecule has 3 rings (SSSR count). The van der Waals surface area contributed by atoms with Crippen LogP contribution in [0.2, 0.25) is 15.1 Å². The molecule has 0 spiro atoms. The van der Waals surface area contributed by atoms with Gasteiger partial charge in [0.15, 0.2) is 0 Å². The van der Waals surface area contributed by atoms with Crippen LogP contribution in [0.5, 0.6) is 0 Å². The van der Waals surface area contributed by atoms with Gasteiger partial charge in [-0.25, -0.2) is 9.59 Å². The summed E-state index contributed by atoms with van der Waals surface area (Å²) < 4.78 is 4.97. The number of anilines is 1. The van der Waals surface area contributed by atoms with Gasteiger partial charge in [-0.05, 0) is 36.8 Å². The van der Waals surface area contributed by atoms with E-state index in [0.29, 0.717) is 22.0 Å². The van der Waals surface area contributed by atoms with E-state index in [1.54, 1.807) is 31.2 Å². The van der Waals surface area contributed by atoms with Crippen molar-refractivity contribution in [2.24, 2.45) is 0 Å². The van der Waals surface area contributed by atoms with Gasteiger partial charge in [-0.3, -0.25) is 14.5 Å². The number of benzene rings is 2. The first kappa shape index (κ1) is 27.9. The molecule has 1 aliphatic rings. The van der Waals surface area contributed by atoms with E-state index in [9.17, 15) is 24.3 Å². The van der Waals surface area contributed by atoms with Gasteiger partial charge in [0.2, 0.25) is 5.91 Å². The number of carboxylic acids is 1. The zero-order valence-electron chi connectivity index (χ0n) is 18.9. The lowest BCUT2D eigenvalue weighted by Gasteiger charge is -2.24. The van der Waals surface area contributed by atoms with Gasteiger partial charge in [-0.15, -0.1) is 11.8 Å². The highest BCUT2D eigenvalue weighted by atomic mass is 35.5. The van der Waals surface area contributed by atoms with Gasteiger partial charge >= 0.3 is 12.1 Å². The van der Waals surface area contributed by atoms with Crippen molar-refractivity contribution in [3.05, 3.63) is 62.6 Å². The van der Waals surface area contributed by atoms with E-state index in [1.165, 1.54) is 28.8 Å². The Balaban J connectivity index is 1.64. The highest BCUT2D eigenvalue weighted by molar-refractivity contribution is 7.99. The molecule has 1 fully saturated rings. The summed E-state index contributed by atoms with van der Waals surface area (Å²) in [5, 5.41) is 15.3. The van der Waals surface area contributed by atoms with Crippen LogP contribution in [0.1, 0.15) is 22.8 Å². The SMILES string of the molecule is CCOC(=O)N1CSC[C@@H]1C(=O)N[C@@H](Cc1ccc(NC(=O)c2c(Cl)cc(Cl)cc2Cl)cc1)C(=O)O. The second kappa shape index (κ2) is 12.5. The number of hydrogen-bond donors (Lipinski definition) is 3. The van der Waals surface area contributed by atoms with Gasteiger partial charge < -0.3 is 20.5 Å². The largest absolute Gasteiger partial charge is 0.480 e. The number of thioether (sulfide) groups is 1. The normalized spacial score (nSPS) is 15.8. The van der Waals surface area contributed by atoms with Crippen LogP contribution in [0.25, 0.3) is 0 Å². The number of nitrogens with one attached hydrogen (secondary N) is 2. The lowest BCUT2D eigenvalue weighted by molar-refractivity contribution is -0.142. The molecule has 1 saturated heterocycles. The fraction of sp³-hybridized carbons (Fsp3) is 0.304. The highest BCUT2D eigenvalue weighted by Gasteiger charge is 2.37. The third-order valence-electron chi connectivity index (χ3n) is 5.19. The molecule has 3 N–H and O–H groups in total. The number of carbonyl (C=O) groups excluding carboxylic acids is 3. The average molecular weight is 575 g/mol. The predicted octanol–water partition coefficient (Wildman–Crippen LogP) is 4.54. The lowest BCUT2D eigenvalue weighted by Crippen LogP contribution is -2.52. The Hall–Kier alpha value is -2.66. The van der Waals surface area contributed by atoms with Crippen LogP contribution in [-0.2, 0) is 20.7 Å². The van der Waals surface area contributed by atoms with Crippen molar-refractivity contribution in [3.8, 4) is 0 Å². The van der Waals surface area contributed by atoms with Crippen LogP contribution < -0.4 is 10.6 Å². The molecule has 0 aromatic heterocycles. The molecule has 0 bridgehead atoms. The van der Waals surface area contributed by atoms with Crippen molar-refractivity contribution in [1.82, 2.24) is 10.2 Å². The van der Waals surface area contributed by atoms with Crippen molar-refractivity contribution >= 4 is 76.1 Å². The summed E-state index contributed by atoms with van der Waals surface area (Å²) in [6.45, 7) is 1.83. The molecule has 1 aliphatic heterocycles. The quantitative estimate of drug-likeness (QED) is 0.423. The predicted molar refractivity (Wildman–Crippen MR) is 139 cm³/mol. The Kier molecular flexibility index (Phi) is 9.72. The number of nitrogens with zero attached hydrogens (tertiary/aromatic N) is 1. The number of carbonyl (C=O) groups is 4. The van der Waals surface area contributed by atoms with Crippen molar-refractivity contribution in [2.45, 2.75) is 25.4 Å². The second-order valence-corrected chi connectivity index (χ2v) is 9.93. The minimum absolute atomic E-state index is 0.0105. The average Bonchev–Trinajstić information content (AvgIpc) is 3.29. The number of halogens is 3. The van der Waals surface area contributed by atoms with Gasteiger partial charge in [0, 0.05) is 22.9 Å². The maximum absolute atomic E-state index is 12.7. The maximum atomic E-state index is 12.7. The van der Waals surface area contributed by atoms with Crippen LogP contribution in [0, 0.1) is 0 Å². The molecule has 36 heavy (non-hydrogen) atoms. The molecule has 0 radical (unpaired) electrons. The zero-order chi connectivity index (χ0) is 26.4. The molecule has 2 aromatic carbocycles. The Bertz CT molecular complexity index is 1140. The zero-order valence-corrected chi connectivity index (χ0v) is 22.0. The summed E-state index contributed by atoms with van der Waals surface area (Å²) in [5.74, 6) is -1.70. The van der Waals surface area contributed by atoms with E-state index in [4.69, 9.17) is 39.5 Å². The van der Waals surface area contributed by atoms with E-state index in [0.717, 1.165) is 0 Å². The number of hydrogen-bond acceptors (Lipinski definition) is 6. The first-order chi connectivity index (χ1) is 17.1. The molecule has 2 atom stereocenters. The molecule has 0 aliphatic carbocycles. The summed E-state index contributed by atoms with van der Waals surface area (Å²) >= 11 is 19.4. The Morgan fingerprint density at radius 2 is 1.78 bits per heavy atom. The van der Waals surface area contributed by atoms with E-state index in [2.05, 4.69) is 10.6 Å². The number of amides is 3. The molecule has 2 aromatic rings. The monoisotopic (exact) mass is 573 g/mol. The molecule has 13 heteroatoms. The van der Waals surface area contributed by atoms with Gasteiger partial charge in [0.1, 0.15) is 12.1 Å². The number of rotatable bonds is 8. The molecule has 0 unspecified atom stereocenters. The van der Waals surface area contributed by atoms with E-state index in [1.807, 2.05) is 0 Å². The topological polar surface area (TPSA) is 125 Å². The van der Waals surface area contributed by atoms with Gasteiger partial charge in [-0.1, -0.05) is 46.9 Å². The summed E-state index contributed by atoms with van der Waals surface area (Å²) in [6, 6.07) is 7.19. The molecule has 192 valence electrons. The fourth-order valence-electron chi connectivity index (χ4n) is 3.43. The molecular weight excluding hydrogens is 553 g/mol. The molecular formula is C23H22Cl3N3O6S. The third kappa shape index (κ3) is 6.97. The lowest BCUT2D eigenvalue weighted by atomic mass is 10.0. The highest BCUT2D eigenvalue weighted by Crippen LogP contribution is 2.30. The van der Waals surface area contributed by atoms with Crippen LogP contribution in [0.15, 0.2) is 36.4 Å². The van der Waals surface area contributed by atoms with Crippen LogP contribution in [0.3, 0.4) is 0 Å². The smallest absolute Gasteiger partial charge is 0.411 e. The van der Waals surface area contributed by atoms with E-state index in [-0.39, 0.29) is 34.5 Å². The Morgan fingerprint density at radius 3 is 2.36 bits per heavy atom. The first-order valence-electron chi connectivity index (χ1n) is 10.7. The number of ether oxygens (including phenoxy) is 1. The molecule has 0 saturated carbocycles. The molecule has 1 heterocycles. The van der Waals surface area contributed by atoms with Crippen LogP contribution in [0.4, 0.5) is 10.5 Å². The number of aliphatic carboxylic acids is 1. The van der Waals surface area contributed by atoms with Gasteiger partial charge in [-0.2, -0.15) is 0 Å². The Labute approximate surface area is 226 Å². The summed E-state index contributed by atoms with van der Waals surface area (Å²) in [5.41, 5.74) is 1.10. The number of carboxylic acid groups (broad SMARTS) is 1. The Morgan fingerprint density at radius 1 is 1.14 bits per heavy atom. The van der Waals surface area contributed by atoms with Crippen molar-refractivity contribution in [3.63, 3.8) is 0 Å². The van der Waals surface area contributed by atoms with Crippen LogP contribution >= 0.6 is 46.6 Å². The summed E-state index contributed by atoms with van der Waals surface area (Å²) in [4.78, 5) is 50.5. The van der Waals surface area contributed by atoms with Crippen molar-refractivity contribution in [2.75, 3.05) is 23.6 Å². The third-order valence-corrected chi connectivity index (χ3v) is 7.01. The van der Waals surface area contributed by atoms with Crippen molar-refractivity contribution < 1.29 is 29.0 Å². The van der Waals surface area contributed by atoms with E-state index < -0.39 is 36.0 Å².